The predicted octanol–water partition coefficient (Wildman–Crippen LogP) is 2.72. The summed E-state index contributed by atoms with van der Waals surface area (Å²) in [6.45, 7) is 7.77. The van der Waals surface area contributed by atoms with E-state index in [2.05, 4.69) is 43.0 Å². The van der Waals surface area contributed by atoms with Crippen LogP contribution in [0.4, 0.5) is 0 Å². The Bertz CT molecular complexity index is 331. The molecule has 1 heterocycles. The van der Waals surface area contributed by atoms with Crippen LogP contribution in [0.3, 0.4) is 0 Å². The van der Waals surface area contributed by atoms with Gasteiger partial charge >= 0.3 is 0 Å². The Kier molecular flexibility index (Phi) is 3.83. The maximum absolute atomic E-state index is 5.93. The van der Waals surface area contributed by atoms with E-state index >= 15 is 0 Å². The highest BCUT2D eigenvalue weighted by Crippen LogP contribution is 2.19. The van der Waals surface area contributed by atoms with Gasteiger partial charge in [0.25, 0.3) is 0 Å². The van der Waals surface area contributed by atoms with Crippen molar-refractivity contribution < 1.29 is 4.74 Å². The Labute approximate surface area is 98.2 Å². The molecule has 0 bridgehead atoms. The molecule has 0 amide bonds. The van der Waals surface area contributed by atoms with Crippen molar-refractivity contribution in [1.82, 2.24) is 4.90 Å². The van der Waals surface area contributed by atoms with Crippen LogP contribution in [0.5, 0.6) is 5.75 Å². The fraction of sp³-hybridized carbons (Fsp3) is 0.571. The zero-order valence-electron chi connectivity index (χ0n) is 10.3. The second-order valence-electron chi connectivity index (χ2n) is 4.50. The molecule has 0 aromatic heterocycles. The van der Waals surface area contributed by atoms with E-state index in [0.717, 1.165) is 25.3 Å². The molecule has 0 radical (unpaired) electrons. The van der Waals surface area contributed by atoms with Crippen LogP contribution in [0.2, 0.25) is 0 Å². The van der Waals surface area contributed by atoms with Gasteiger partial charge in [-0.05, 0) is 37.1 Å². The first-order valence-corrected chi connectivity index (χ1v) is 6.29. The lowest BCUT2D eigenvalue weighted by Crippen LogP contribution is -2.53. The largest absolute Gasteiger partial charge is 0.488 e. The van der Waals surface area contributed by atoms with Gasteiger partial charge in [0.05, 0.1) is 0 Å². The monoisotopic (exact) mass is 219 g/mol. The summed E-state index contributed by atoms with van der Waals surface area (Å²) in [5.74, 6) is 1.03. The average molecular weight is 219 g/mol. The molecule has 1 aliphatic rings. The van der Waals surface area contributed by atoms with Crippen LogP contribution >= 0.6 is 0 Å². The van der Waals surface area contributed by atoms with Crippen LogP contribution in [-0.4, -0.2) is 30.6 Å². The fourth-order valence-corrected chi connectivity index (χ4v) is 2.13. The summed E-state index contributed by atoms with van der Waals surface area (Å²) >= 11 is 0. The standard InChI is InChI=1S/C14H21NO/c1-3-8-15-10-14(11-15)16-13-7-5-6-12(4-2)9-13/h5-7,9,14H,3-4,8,10-11H2,1-2H3. The van der Waals surface area contributed by atoms with E-state index in [1.54, 1.807) is 0 Å². The normalized spacial score (nSPS) is 17.1. The van der Waals surface area contributed by atoms with Gasteiger partial charge in [-0.3, -0.25) is 4.90 Å². The topological polar surface area (TPSA) is 12.5 Å². The van der Waals surface area contributed by atoms with Crippen molar-refractivity contribution in [3.8, 4) is 5.75 Å². The zero-order chi connectivity index (χ0) is 11.4. The molecule has 0 spiro atoms. The van der Waals surface area contributed by atoms with Gasteiger partial charge in [0.2, 0.25) is 0 Å². The molecule has 88 valence electrons. The molecule has 0 N–H and O–H groups in total. The maximum Gasteiger partial charge on any atom is 0.124 e. The molecule has 1 aromatic carbocycles. The number of hydrogen-bond donors (Lipinski definition) is 0. The molecule has 0 saturated carbocycles. The van der Waals surface area contributed by atoms with Gasteiger partial charge in [-0.25, -0.2) is 0 Å². The molecule has 2 rings (SSSR count). The van der Waals surface area contributed by atoms with E-state index in [1.807, 2.05) is 0 Å². The third-order valence-corrected chi connectivity index (χ3v) is 3.07. The summed E-state index contributed by atoms with van der Waals surface area (Å²) in [6.07, 6.45) is 2.71. The number of aryl methyl sites for hydroxylation is 1. The first kappa shape index (κ1) is 11.5. The van der Waals surface area contributed by atoms with Crippen LogP contribution in [0, 0.1) is 0 Å². The Morgan fingerprint density at radius 3 is 2.81 bits per heavy atom. The third-order valence-electron chi connectivity index (χ3n) is 3.07. The van der Waals surface area contributed by atoms with Crippen molar-refractivity contribution in [1.29, 1.82) is 0 Å². The van der Waals surface area contributed by atoms with E-state index in [1.165, 1.54) is 18.5 Å². The number of hydrogen-bond acceptors (Lipinski definition) is 2. The molecule has 1 fully saturated rings. The van der Waals surface area contributed by atoms with Gasteiger partial charge in [0.1, 0.15) is 11.9 Å². The predicted molar refractivity (Wildman–Crippen MR) is 67.0 cm³/mol. The molecular weight excluding hydrogens is 198 g/mol. The molecular formula is C14H21NO. The minimum Gasteiger partial charge on any atom is -0.488 e. The van der Waals surface area contributed by atoms with E-state index in [9.17, 15) is 0 Å². The van der Waals surface area contributed by atoms with Gasteiger partial charge in [-0.2, -0.15) is 0 Å². The summed E-state index contributed by atoms with van der Waals surface area (Å²) in [5, 5.41) is 0. The maximum atomic E-state index is 5.93. The summed E-state index contributed by atoms with van der Waals surface area (Å²) in [7, 11) is 0. The van der Waals surface area contributed by atoms with Gasteiger partial charge in [-0.15, -0.1) is 0 Å². The number of benzene rings is 1. The molecule has 0 unspecified atom stereocenters. The number of ether oxygens (including phenoxy) is 1. The fourth-order valence-electron chi connectivity index (χ4n) is 2.13. The molecule has 0 atom stereocenters. The third kappa shape index (κ3) is 2.76. The SMILES string of the molecule is CCCN1CC(Oc2cccc(CC)c2)C1. The lowest BCUT2D eigenvalue weighted by molar-refractivity contribution is 0.0202. The van der Waals surface area contributed by atoms with Crippen molar-refractivity contribution in [3.05, 3.63) is 29.8 Å². The Morgan fingerprint density at radius 1 is 1.31 bits per heavy atom. The average Bonchev–Trinajstić information content (AvgIpc) is 2.27. The van der Waals surface area contributed by atoms with Crippen LogP contribution in [0.25, 0.3) is 0 Å². The second kappa shape index (κ2) is 5.35. The zero-order valence-corrected chi connectivity index (χ0v) is 10.3. The molecule has 0 aliphatic carbocycles. The van der Waals surface area contributed by atoms with Gasteiger partial charge in [0.15, 0.2) is 0 Å². The van der Waals surface area contributed by atoms with E-state index in [4.69, 9.17) is 4.74 Å². The van der Waals surface area contributed by atoms with Crippen molar-refractivity contribution in [2.24, 2.45) is 0 Å². The number of rotatable bonds is 5. The molecule has 16 heavy (non-hydrogen) atoms. The van der Waals surface area contributed by atoms with Crippen LogP contribution < -0.4 is 4.74 Å². The molecule has 1 aromatic rings. The summed E-state index contributed by atoms with van der Waals surface area (Å²) in [5.41, 5.74) is 1.35. The lowest BCUT2D eigenvalue weighted by atomic mass is 10.1. The minimum absolute atomic E-state index is 0.402. The van der Waals surface area contributed by atoms with E-state index in [-0.39, 0.29) is 0 Å². The highest BCUT2D eigenvalue weighted by Gasteiger charge is 2.27. The van der Waals surface area contributed by atoms with Crippen molar-refractivity contribution in [3.63, 3.8) is 0 Å². The molecule has 2 heteroatoms. The Hall–Kier alpha value is -1.02. The Balaban J connectivity index is 1.82. The van der Waals surface area contributed by atoms with Gasteiger partial charge < -0.3 is 4.74 Å². The summed E-state index contributed by atoms with van der Waals surface area (Å²) < 4.78 is 5.93. The first-order valence-electron chi connectivity index (χ1n) is 6.29. The van der Waals surface area contributed by atoms with Crippen LogP contribution in [-0.2, 0) is 6.42 Å². The number of nitrogens with zero attached hydrogens (tertiary/aromatic N) is 1. The molecule has 2 nitrogen and oxygen atoms in total. The smallest absolute Gasteiger partial charge is 0.124 e. The van der Waals surface area contributed by atoms with Crippen LogP contribution in [0.15, 0.2) is 24.3 Å². The first-order chi connectivity index (χ1) is 7.81. The van der Waals surface area contributed by atoms with Gasteiger partial charge in [0, 0.05) is 13.1 Å². The van der Waals surface area contributed by atoms with Gasteiger partial charge in [-0.1, -0.05) is 26.0 Å². The molecule has 1 saturated heterocycles. The number of likely N-dealkylation sites (tertiary alicyclic amines) is 1. The van der Waals surface area contributed by atoms with E-state index < -0.39 is 0 Å². The minimum atomic E-state index is 0.402. The van der Waals surface area contributed by atoms with Crippen LogP contribution in [0.1, 0.15) is 25.8 Å². The van der Waals surface area contributed by atoms with Crippen molar-refractivity contribution >= 4 is 0 Å². The second-order valence-corrected chi connectivity index (χ2v) is 4.50. The van der Waals surface area contributed by atoms with Crippen molar-refractivity contribution in [2.75, 3.05) is 19.6 Å². The Morgan fingerprint density at radius 2 is 2.12 bits per heavy atom. The highest BCUT2D eigenvalue weighted by atomic mass is 16.5. The quantitative estimate of drug-likeness (QED) is 0.755. The summed E-state index contributed by atoms with van der Waals surface area (Å²) in [6, 6.07) is 8.44. The lowest BCUT2D eigenvalue weighted by Gasteiger charge is -2.38. The van der Waals surface area contributed by atoms with Crippen molar-refractivity contribution in [2.45, 2.75) is 32.8 Å². The summed E-state index contributed by atoms with van der Waals surface area (Å²) in [4.78, 5) is 2.44. The van der Waals surface area contributed by atoms with E-state index in [0.29, 0.717) is 6.10 Å². The highest BCUT2D eigenvalue weighted by molar-refractivity contribution is 5.28. The molecule has 1 aliphatic heterocycles.